The highest BCUT2D eigenvalue weighted by molar-refractivity contribution is 9.10. The van der Waals surface area contributed by atoms with Crippen LogP contribution in [0.4, 0.5) is 11.4 Å². The first-order valence-electron chi connectivity index (χ1n) is 9.13. The van der Waals surface area contributed by atoms with Gasteiger partial charge in [0.1, 0.15) is 0 Å². The second-order valence-electron chi connectivity index (χ2n) is 6.52. The van der Waals surface area contributed by atoms with Crippen molar-refractivity contribution >= 4 is 50.9 Å². The molecule has 2 N–H and O–H groups in total. The number of para-hydroxylation sites is 1. The van der Waals surface area contributed by atoms with Crippen LogP contribution < -0.4 is 10.6 Å². The summed E-state index contributed by atoms with van der Waals surface area (Å²) in [5, 5.41) is 5.57. The molecule has 1 atom stereocenters. The molecule has 6 heteroatoms. The van der Waals surface area contributed by atoms with Gasteiger partial charge in [-0.2, -0.15) is 0 Å². The van der Waals surface area contributed by atoms with Gasteiger partial charge in [-0.25, -0.2) is 0 Å². The Balaban J connectivity index is 1.58. The van der Waals surface area contributed by atoms with Gasteiger partial charge in [-0.1, -0.05) is 30.3 Å². The number of thioether (sulfide) groups is 1. The Morgan fingerprint density at radius 2 is 1.55 bits per heavy atom. The van der Waals surface area contributed by atoms with Crippen molar-refractivity contribution in [3.05, 3.63) is 88.4 Å². The SMILES string of the molecule is Cc1ccccc1C(=O)Nc1ccc(SC(C)C(=O)Nc2ccccc2Br)cc1. The van der Waals surface area contributed by atoms with Crippen LogP contribution in [0.15, 0.2) is 82.2 Å². The van der Waals surface area contributed by atoms with Crippen LogP contribution in [0.1, 0.15) is 22.8 Å². The molecule has 0 aromatic heterocycles. The fourth-order valence-electron chi connectivity index (χ4n) is 2.70. The largest absolute Gasteiger partial charge is 0.324 e. The number of amides is 2. The van der Waals surface area contributed by atoms with Crippen LogP contribution in [0, 0.1) is 6.92 Å². The summed E-state index contributed by atoms with van der Waals surface area (Å²) >= 11 is 4.90. The molecule has 4 nitrogen and oxygen atoms in total. The zero-order valence-electron chi connectivity index (χ0n) is 16.1. The Hall–Kier alpha value is -2.57. The summed E-state index contributed by atoms with van der Waals surface area (Å²) < 4.78 is 0.847. The topological polar surface area (TPSA) is 58.2 Å². The van der Waals surface area contributed by atoms with Gasteiger partial charge in [-0.15, -0.1) is 11.8 Å². The summed E-state index contributed by atoms with van der Waals surface area (Å²) in [6.45, 7) is 3.78. The molecule has 29 heavy (non-hydrogen) atoms. The predicted molar refractivity (Wildman–Crippen MR) is 124 cm³/mol. The number of carbonyl (C=O) groups is 2. The average molecular weight is 469 g/mol. The molecule has 0 spiro atoms. The zero-order valence-corrected chi connectivity index (χ0v) is 18.5. The fraction of sp³-hybridized carbons (Fsp3) is 0.130. The standard InChI is InChI=1S/C23H21BrN2O2S/c1-15-7-3-4-8-19(15)23(28)25-17-11-13-18(14-12-17)29-16(2)22(27)26-21-10-6-5-9-20(21)24/h3-14,16H,1-2H3,(H,25,28)(H,26,27). The van der Waals surface area contributed by atoms with Gasteiger partial charge in [0.25, 0.3) is 5.91 Å². The lowest BCUT2D eigenvalue weighted by Gasteiger charge is -2.13. The summed E-state index contributed by atoms with van der Waals surface area (Å²) in [7, 11) is 0. The molecule has 3 aromatic carbocycles. The maximum atomic E-state index is 12.5. The van der Waals surface area contributed by atoms with Gasteiger partial charge < -0.3 is 10.6 Å². The Morgan fingerprint density at radius 1 is 0.897 bits per heavy atom. The van der Waals surface area contributed by atoms with E-state index in [1.165, 1.54) is 11.8 Å². The van der Waals surface area contributed by atoms with Crippen molar-refractivity contribution < 1.29 is 9.59 Å². The molecule has 3 rings (SSSR count). The number of aryl methyl sites for hydroxylation is 1. The first-order chi connectivity index (χ1) is 13.9. The molecular weight excluding hydrogens is 448 g/mol. The van der Waals surface area contributed by atoms with Crippen LogP contribution >= 0.6 is 27.7 Å². The molecule has 1 unspecified atom stereocenters. The molecule has 2 amide bonds. The third-order valence-electron chi connectivity index (χ3n) is 4.32. The monoisotopic (exact) mass is 468 g/mol. The summed E-state index contributed by atoms with van der Waals surface area (Å²) in [6.07, 6.45) is 0. The van der Waals surface area contributed by atoms with E-state index in [1.807, 2.05) is 80.6 Å². The first kappa shape index (κ1) is 21.1. The van der Waals surface area contributed by atoms with Gasteiger partial charge in [0.2, 0.25) is 5.91 Å². The fourth-order valence-corrected chi connectivity index (χ4v) is 3.95. The number of benzene rings is 3. The van der Waals surface area contributed by atoms with Crippen LogP contribution in [-0.4, -0.2) is 17.1 Å². The molecule has 0 aliphatic carbocycles. The molecule has 0 aliphatic heterocycles. The Bertz CT molecular complexity index is 1020. The van der Waals surface area contributed by atoms with Crippen molar-refractivity contribution in [1.82, 2.24) is 0 Å². The van der Waals surface area contributed by atoms with Crippen LogP contribution in [0.5, 0.6) is 0 Å². The van der Waals surface area contributed by atoms with Crippen molar-refractivity contribution in [2.24, 2.45) is 0 Å². The Kier molecular flexibility index (Phi) is 7.12. The smallest absolute Gasteiger partial charge is 0.255 e. The molecule has 0 saturated heterocycles. The van der Waals surface area contributed by atoms with Gasteiger partial charge in [-0.05, 0) is 77.8 Å². The number of nitrogens with one attached hydrogen (secondary N) is 2. The molecule has 0 bridgehead atoms. The van der Waals surface area contributed by atoms with Gasteiger partial charge >= 0.3 is 0 Å². The Labute approximate surface area is 183 Å². The molecule has 0 heterocycles. The quantitative estimate of drug-likeness (QED) is 0.427. The van der Waals surface area contributed by atoms with Crippen LogP contribution in [-0.2, 0) is 4.79 Å². The second kappa shape index (κ2) is 9.76. The van der Waals surface area contributed by atoms with E-state index < -0.39 is 0 Å². The summed E-state index contributed by atoms with van der Waals surface area (Å²) in [5.74, 6) is -0.205. The van der Waals surface area contributed by atoms with E-state index in [0.717, 1.165) is 20.6 Å². The van der Waals surface area contributed by atoms with E-state index in [1.54, 1.807) is 6.07 Å². The van der Waals surface area contributed by atoms with E-state index in [-0.39, 0.29) is 17.1 Å². The molecule has 0 aliphatic rings. The maximum Gasteiger partial charge on any atom is 0.255 e. The van der Waals surface area contributed by atoms with Crippen molar-refractivity contribution in [1.29, 1.82) is 0 Å². The second-order valence-corrected chi connectivity index (χ2v) is 8.79. The minimum Gasteiger partial charge on any atom is -0.324 e. The third-order valence-corrected chi connectivity index (χ3v) is 6.12. The maximum absolute atomic E-state index is 12.5. The molecular formula is C23H21BrN2O2S. The van der Waals surface area contributed by atoms with E-state index in [2.05, 4.69) is 26.6 Å². The summed E-state index contributed by atoms with van der Waals surface area (Å²) in [5.41, 5.74) is 3.05. The van der Waals surface area contributed by atoms with E-state index >= 15 is 0 Å². The highest BCUT2D eigenvalue weighted by atomic mass is 79.9. The van der Waals surface area contributed by atoms with Crippen molar-refractivity contribution in [2.75, 3.05) is 10.6 Å². The number of anilines is 2. The van der Waals surface area contributed by atoms with E-state index in [4.69, 9.17) is 0 Å². The number of hydrogen-bond acceptors (Lipinski definition) is 3. The normalized spacial score (nSPS) is 11.6. The highest BCUT2D eigenvalue weighted by Crippen LogP contribution is 2.27. The number of hydrogen-bond donors (Lipinski definition) is 2. The summed E-state index contributed by atoms with van der Waals surface area (Å²) in [6, 6.07) is 22.5. The first-order valence-corrected chi connectivity index (χ1v) is 10.8. The van der Waals surface area contributed by atoms with Gasteiger partial charge in [-0.3, -0.25) is 9.59 Å². The van der Waals surface area contributed by atoms with Crippen LogP contribution in [0.25, 0.3) is 0 Å². The predicted octanol–water partition coefficient (Wildman–Crippen LogP) is 6.13. The molecule has 0 fully saturated rings. The van der Waals surface area contributed by atoms with Crippen LogP contribution in [0.3, 0.4) is 0 Å². The lowest BCUT2D eigenvalue weighted by atomic mass is 10.1. The number of carbonyl (C=O) groups excluding carboxylic acids is 2. The van der Waals surface area contributed by atoms with Crippen molar-refractivity contribution in [3.8, 4) is 0 Å². The minimum atomic E-state index is -0.269. The van der Waals surface area contributed by atoms with E-state index in [0.29, 0.717) is 11.3 Å². The zero-order chi connectivity index (χ0) is 20.8. The molecule has 3 aromatic rings. The lowest BCUT2D eigenvalue weighted by molar-refractivity contribution is -0.115. The van der Waals surface area contributed by atoms with Gasteiger partial charge in [0, 0.05) is 20.6 Å². The number of rotatable bonds is 6. The van der Waals surface area contributed by atoms with Gasteiger partial charge in [0.05, 0.1) is 10.9 Å². The average Bonchev–Trinajstić information content (AvgIpc) is 2.71. The molecule has 0 saturated carbocycles. The summed E-state index contributed by atoms with van der Waals surface area (Å²) in [4.78, 5) is 25.8. The van der Waals surface area contributed by atoms with Crippen LogP contribution in [0.2, 0.25) is 0 Å². The van der Waals surface area contributed by atoms with Crippen molar-refractivity contribution in [3.63, 3.8) is 0 Å². The molecule has 148 valence electrons. The minimum absolute atomic E-state index is 0.0705. The van der Waals surface area contributed by atoms with Gasteiger partial charge in [0.15, 0.2) is 0 Å². The third kappa shape index (κ3) is 5.71. The lowest BCUT2D eigenvalue weighted by Crippen LogP contribution is -2.22. The van der Waals surface area contributed by atoms with Crippen molar-refractivity contribution in [2.45, 2.75) is 24.0 Å². The Morgan fingerprint density at radius 3 is 2.24 bits per heavy atom. The highest BCUT2D eigenvalue weighted by Gasteiger charge is 2.16. The molecule has 0 radical (unpaired) electrons. The van der Waals surface area contributed by atoms with E-state index in [9.17, 15) is 9.59 Å². The number of halogens is 1.